The average molecular weight is 227 g/mol. The third-order valence-corrected chi connectivity index (χ3v) is 3.58. The van der Waals surface area contributed by atoms with Gasteiger partial charge in [0.15, 0.2) is 0 Å². The van der Waals surface area contributed by atoms with Gasteiger partial charge in [0.25, 0.3) is 0 Å². The van der Waals surface area contributed by atoms with Gasteiger partial charge in [-0.3, -0.25) is 9.69 Å². The molecular weight excluding hydrogens is 198 g/mol. The molecule has 0 aromatic carbocycles. The minimum atomic E-state index is 0.223. The fourth-order valence-corrected chi connectivity index (χ4v) is 2.32. The van der Waals surface area contributed by atoms with E-state index in [0.717, 1.165) is 13.0 Å². The zero-order valence-electron chi connectivity index (χ0n) is 12.0. The van der Waals surface area contributed by atoms with Crippen LogP contribution in [0.25, 0.3) is 0 Å². The zero-order chi connectivity index (χ0) is 12.8. The molecule has 1 heterocycles. The summed E-state index contributed by atoms with van der Waals surface area (Å²) in [7, 11) is 2.07. The van der Waals surface area contributed by atoms with E-state index in [9.17, 15) is 4.79 Å². The first-order chi connectivity index (χ1) is 7.63. The van der Waals surface area contributed by atoms with Gasteiger partial charge in [-0.15, -0.1) is 0 Å². The highest BCUT2D eigenvalue weighted by Gasteiger charge is 2.48. The predicted molar refractivity (Wildman–Crippen MR) is 70.7 cm³/mol. The van der Waals surface area contributed by atoms with Crippen molar-refractivity contribution in [2.75, 3.05) is 13.6 Å². The molecule has 2 heteroatoms. The lowest BCUT2D eigenvalue weighted by Gasteiger charge is -2.35. The van der Waals surface area contributed by atoms with E-state index in [-0.39, 0.29) is 6.04 Å². The minimum absolute atomic E-state index is 0.223. The van der Waals surface area contributed by atoms with Gasteiger partial charge in [0.1, 0.15) is 5.78 Å². The maximum Gasteiger partial charge on any atom is 0.146 e. The van der Waals surface area contributed by atoms with Crippen LogP contribution >= 0.6 is 0 Å². The van der Waals surface area contributed by atoms with Gasteiger partial charge in [-0.1, -0.05) is 27.7 Å². The van der Waals surface area contributed by atoms with Crippen LogP contribution in [-0.4, -0.2) is 30.3 Å². The maximum atomic E-state index is 11.3. The van der Waals surface area contributed by atoms with Crippen molar-refractivity contribution in [2.45, 2.75) is 66.3 Å². The Hall–Kier alpha value is -0.370. The molecule has 2 nitrogen and oxygen atoms in total. The third-order valence-electron chi connectivity index (χ3n) is 3.58. The lowest BCUT2D eigenvalue weighted by molar-refractivity contribution is -0.123. The number of rotatable bonds is 1. The number of likely N-dealkylation sites (N-methyl/N-ethyl adjacent to an activating group) is 1. The normalized spacial score (nSPS) is 26.0. The van der Waals surface area contributed by atoms with Crippen molar-refractivity contribution in [3.05, 3.63) is 0 Å². The van der Waals surface area contributed by atoms with Crippen LogP contribution in [0, 0.1) is 5.41 Å². The maximum absolute atomic E-state index is 11.3. The number of Topliss-reactive ketones (excluding diaryl/α,β-unsaturated/α-hetero) is 1. The standard InChI is InChI=1S/C10H17NO.2C2H6/c1-8(12)9-7-10(3-4-10)5-6-11(9)2;2*1-2/h9H,3-7H2,1-2H3;2*1-2H3/t9-;;/m0../s1. The number of carbonyl (C=O) groups is 1. The first kappa shape index (κ1) is 15.6. The number of piperidine rings is 1. The molecule has 96 valence electrons. The van der Waals surface area contributed by atoms with Crippen LogP contribution in [0.3, 0.4) is 0 Å². The molecule has 1 atom stereocenters. The van der Waals surface area contributed by atoms with E-state index in [1.54, 1.807) is 6.92 Å². The van der Waals surface area contributed by atoms with Gasteiger partial charge in [0.2, 0.25) is 0 Å². The summed E-state index contributed by atoms with van der Waals surface area (Å²) in [5.41, 5.74) is 0.600. The summed E-state index contributed by atoms with van der Waals surface area (Å²) in [5.74, 6) is 0.350. The van der Waals surface area contributed by atoms with Crippen LogP contribution in [-0.2, 0) is 4.79 Å². The SMILES string of the molecule is CC.CC.CC(=O)[C@@H]1CC2(CCN1C)CC2. The van der Waals surface area contributed by atoms with Crippen LogP contribution < -0.4 is 0 Å². The molecule has 0 unspecified atom stereocenters. The molecule has 2 fully saturated rings. The first-order valence-electron chi connectivity index (χ1n) is 6.84. The molecule has 0 aromatic rings. The number of hydrogen-bond donors (Lipinski definition) is 0. The van der Waals surface area contributed by atoms with Crippen molar-refractivity contribution in [2.24, 2.45) is 5.41 Å². The van der Waals surface area contributed by atoms with E-state index in [2.05, 4.69) is 11.9 Å². The van der Waals surface area contributed by atoms with Crippen LogP contribution in [0.1, 0.15) is 60.3 Å². The van der Waals surface area contributed by atoms with Crippen molar-refractivity contribution in [3.8, 4) is 0 Å². The number of hydrogen-bond acceptors (Lipinski definition) is 2. The summed E-state index contributed by atoms with van der Waals surface area (Å²) in [6, 6.07) is 0.223. The van der Waals surface area contributed by atoms with E-state index >= 15 is 0 Å². The average Bonchev–Trinajstić information content (AvgIpc) is 3.07. The molecule has 0 N–H and O–H groups in total. The van der Waals surface area contributed by atoms with Crippen LogP contribution in [0.2, 0.25) is 0 Å². The Morgan fingerprint density at radius 3 is 2.00 bits per heavy atom. The smallest absolute Gasteiger partial charge is 0.146 e. The van der Waals surface area contributed by atoms with Crippen LogP contribution in [0.5, 0.6) is 0 Å². The van der Waals surface area contributed by atoms with E-state index in [1.165, 1.54) is 19.3 Å². The summed E-state index contributed by atoms with van der Waals surface area (Å²) >= 11 is 0. The summed E-state index contributed by atoms with van der Waals surface area (Å²) in [6.45, 7) is 10.8. The molecular formula is C14H29NO. The third kappa shape index (κ3) is 3.89. The minimum Gasteiger partial charge on any atom is -0.298 e. The Morgan fingerprint density at radius 2 is 1.62 bits per heavy atom. The van der Waals surface area contributed by atoms with Crippen molar-refractivity contribution in [1.29, 1.82) is 0 Å². The largest absolute Gasteiger partial charge is 0.298 e. The molecule has 1 saturated heterocycles. The molecule has 16 heavy (non-hydrogen) atoms. The summed E-state index contributed by atoms with van der Waals surface area (Å²) in [5, 5.41) is 0. The van der Waals surface area contributed by atoms with Crippen molar-refractivity contribution < 1.29 is 4.79 Å². The molecule has 0 radical (unpaired) electrons. The highest BCUT2D eigenvalue weighted by Crippen LogP contribution is 2.54. The topological polar surface area (TPSA) is 20.3 Å². The molecule has 1 spiro atoms. The second-order valence-electron chi connectivity index (χ2n) is 4.56. The van der Waals surface area contributed by atoms with E-state index in [0.29, 0.717) is 11.2 Å². The van der Waals surface area contributed by atoms with Crippen molar-refractivity contribution in [3.63, 3.8) is 0 Å². The first-order valence-corrected chi connectivity index (χ1v) is 6.84. The molecule has 2 rings (SSSR count). The zero-order valence-corrected chi connectivity index (χ0v) is 12.0. The van der Waals surface area contributed by atoms with Gasteiger partial charge < -0.3 is 0 Å². The lowest BCUT2D eigenvalue weighted by Crippen LogP contribution is -2.44. The van der Waals surface area contributed by atoms with Crippen LogP contribution in [0.15, 0.2) is 0 Å². The molecule has 1 aliphatic heterocycles. The number of ketones is 1. The van der Waals surface area contributed by atoms with Gasteiger partial charge in [-0.25, -0.2) is 0 Å². The fourth-order valence-electron chi connectivity index (χ4n) is 2.32. The Balaban J connectivity index is 0.000000509. The highest BCUT2D eigenvalue weighted by molar-refractivity contribution is 5.81. The number of likely N-dealkylation sites (tertiary alicyclic amines) is 1. The summed E-state index contributed by atoms with van der Waals surface area (Å²) in [4.78, 5) is 13.5. The molecule has 0 bridgehead atoms. The molecule has 0 aromatic heterocycles. The van der Waals surface area contributed by atoms with Gasteiger partial charge in [0, 0.05) is 0 Å². The Labute approximate surface area is 101 Å². The van der Waals surface area contributed by atoms with E-state index in [1.807, 2.05) is 27.7 Å². The van der Waals surface area contributed by atoms with E-state index < -0.39 is 0 Å². The van der Waals surface area contributed by atoms with Crippen molar-refractivity contribution >= 4 is 5.78 Å². The second kappa shape index (κ2) is 7.05. The van der Waals surface area contributed by atoms with Crippen LogP contribution in [0.4, 0.5) is 0 Å². The Kier molecular flexibility index (Phi) is 6.89. The predicted octanol–water partition coefficient (Wildman–Crippen LogP) is 3.50. The van der Waals surface area contributed by atoms with Gasteiger partial charge in [-0.05, 0) is 51.6 Å². The highest BCUT2D eigenvalue weighted by atomic mass is 16.1. The molecule has 2 aliphatic rings. The van der Waals surface area contributed by atoms with Gasteiger partial charge >= 0.3 is 0 Å². The summed E-state index contributed by atoms with van der Waals surface area (Å²) in [6.07, 6.45) is 5.17. The van der Waals surface area contributed by atoms with Gasteiger partial charge in [-0.2, -0.15) is 0 Å². The van der Waals surface area contributed by atoms with Gasteiger partial charge in [0.05, 0.1) is 6.04 Å². The number of carbonyl (C=O) groups excluding carboxylic acids is 1. The van der Waals surface area contributed by atoms with Crippen molar-refractivity contribution in [1.82, 2.24) is 4.90 Å². The fraction of sp³-hybridized carbons (Fsp3) is 0.929. The number of nitrogens with zero attached hydrogens (tertiary/aromatic N) is 1. The van der Waals surface area contributed by atoms with E-state index in [4.69, 9.17) is 0 Å². The Bertz CT molecular complexity index is 209. The molecule has 1 saturated carbocycles. The lowest BCUT2D eigenvalue weighted by atomic mass is 9.87. The molecule has 0 amide bonds. The summed E-state index contributed by atoms with van der Waals surface area (Å²) < 4.78 is 0. The molecule has 1 aliphatic carbocycles. The second-order valence-corrected chi connectivity index (χ2v) is 4.56. The quantitative estimate of drug-likeness (QED) is 0.683. The Morgan fingerprint density at radius 1 is 1.12 bits per heavy atom. The monoisotopic (exact) mass is 227 g/mol.